The summed E-state index contributed by atoms with van der Waals surface area (Å²) in [7, 11) is 0. The van der Waals surface area contributed by atoms with Crippen LogP contribution in [0, 0.1) is 20.8 Å². The van der Waals surface area contributed by atoms with Gasteiger partial charge in [-0.15, -0.1) is 0 Å². The normalized spacial score (nSPS) is 13.6. The number of nitrogens with zero attached hydrogens (tertiary/aromatic N) is 4. The van der Waals surface area contributed by atoms with Gasteiger partial charge in [0.15, 0.2) is 0 Å². The highest BCUT2D eigenvalue weighted by molar-refractivity contribution is 6.06. The van der Waals surface area contributed by atoms with Crippen LogP contribution in [0.5, 0.6) is 0 Å². The van der Waals surface area contributed by atoms with Crippen molar-refractivity contribution in [1.82, 2.24) is 20.0 Å². The van der Waals surface area contributed by atoms with Gasteiger partial charge in [-0.25, -0.2) is 4.98 Å². The molecule has 3 aromatic heterocycles. The van der Waals surface area contributed by atoms with E-state index in [0.717, 1.165) is 22.5 Å². The molecule has 0 spiro atoms. The van der Waals surface area contributed by atoms with Crippen molar-refractivity contribution >= 4 is 17.0 Å². The van der Waals surface area contributed by atoms with Gasteiger partial charge in [-0.3, -0.25) is 9.78 Å². The fourth-order valence-corrected chi connectivity index (χ4v) is 3.10. The third-order valence-corrected chi connectivity index (χ3v) is 4.20. The molecule has 4 rings (SSSR count). The summed E-state index contributed by atoms with van der Waals surface area (Å²) in [5.41, 5.74) is 5.68. The van der Waals surface area contributed by atoms with Gasteiger partial charge < -0.3 is 9.42 Å². The topological polar surface area (TPSA) is 72.1 Å². The molecular formula is C17H16N4O2. The van der Waals surface area contributed by atoms with Gasteiger partial charge in [-0.2, -0.15) is 0 Å². The Labute approximate surface area is 133 Å². The molecule has 0 aromatic carbocycles. The number of aryl methyl sites for hydroxylation is 3. The highest BCUT2D eigenvalue weighted by Crippen LogP contribution is 2.28. The zero-order valence-corrected chi connectivity index (χ0v) is 13.3. The second-order valence-electron chi connectivity index (χ2n) is 6.01. The van der Waals surface area contributed by atoms with Gasteiger partial charge >= 0.3 is 0 Å². The Morgan fingerprint density at radius 2 is 1.91 bits per heavy atom. The van der Waals surface area contributed by atoms with E-state index in [0.29, 0.717) is 35.4 Å². The van der Waals surface area contributed by atoms with Gasteiger partial charge in [0.2, 0.25) is 0 Å². The SMILES string of the molecule is Cc1cc2c(cn1)CN(C(=O)c1cc(C)nc3onc(C)c13)C2. The summed E-state index contributed by atoms with van der Waals surface area (Å²) < 4.78 is 5.22. The van der Waals surface area contributed by atoms with Crippen molar-refractivity contribution < 1.29 is 9.32 Å². The minimum absolute atomic E-state index is 0.0272. The smallest absolute Gasteiger partial charge is 0.258 e. The van der Waals surface area contributed by atoms with Crippen LogP contribution in [0.3, 0.4) is 0 Å². The van der Waals surface area contributed by atoms with Crippen LogP contribution in [0.1, 0.15) is 38.6 Å². The average molecular weight is 308 g/mol. The number of hydrogen-bond acceptors (Lipinski definition) is 5. The van der Waals surface area contributed by atoms with E-state index in [1.807, 2.05) is 37.9 Å². The largest absolute Gasteiger partial charge is 0.336 e. The minimum atomic E-state index is -0.0272. The van der Waals surface area contributed by atoms with Crippen molar-refractivity contribution in [2.24, 2.45) is 0 Å². The number of aromatic nitrogens is 3. The van der Waals surface area contributed by atoms with Crippen LogP contribution in [0.15, 0.2) is 22.9 Å². The summed E-state index contributed by atoms with van der Waals surface area (Å²) in [5.74, 6) is -0.0272. The molecule has 1 aliphatic rings. The Balaban J connectivity index is 1.75. The second kappa shape index (κ2) is 4.87. The second-order valence-corrected chi connectivity index (χ2v) is 6.01. The lowest BCUT2D eigenvalue weighted by molar-refractivity contribution is 0.0753. The molecule has 3 aromatic rings. The molecule has 6 heteroatoms. The molecule has 6 nitrogen and oxygen atoms in total. The van der Waals surface area contributed by atoms with E-state index in [9.17, 15) is 4.79 Å². The van der Waals surface area contributed by atoms with Crippen LogP contribution in [-0.4, -0.2) is 25.9 Å². The van der Waals surface area contributed by atoms with Crippen molar-refractivity contribution in [1.29, 1.82) is 0 Å². The minimum Gasteiger partial charge on any atom is -0.336 e. The number of carbonyl (C=O) groups excluding carboxylic acids is 1. The van der Waals surface area contributed by atoms with E-state index < -0.39 is 0 Å². The Morgan fingerprint density at radius 1 is 1.13 bits per heavy atom. The summed E-state index contributed by atoms with van der Waals surface area (Å²) >= 11 is 0. The number of rotatable bonds is 1. The molecule has 0 N–H and O–H groups in total. The summed E-state index contributed by atoms with van der Waals surface area (Å²) in [5, 5.41) is 4.64. The van der Waals surface area contributed by atoms with Crippen LogP contribution in [0.4, 0.5) is 0 Å². The van der Waals surface area contributed by atoms with Crippen LogP contribution in [0.25, 0.3) is 11.1 Å². The molecule has 1 aliphatic heterocycles. The first-order chi connectivity index (χ1) is 11.0. The summed E-state index contributed by atoms with van der Waals surface area (Å²) in [6, 6.07) is 3.85. The van der Waals surface area contributed by atoms with E-state index in [1.165, 1.54) is 0 Å². The van der Waals surface area contributed by atoms with E-state index in [4.69, 9.17) is 4.52 Å². The Kier molecular flexibility index (Phi) is 2.94. The van der Waals surface area contributed by atoms with Crippen molar-refractivity contribution in [3.63, 3.8) is 0 Å². The van der Waals surface area contributed by atoms with Gasteiger partial charge in [-0.05, 0) is 44.0 Å². The average Bonchev–Trinajstić information content (AvgIpc) is 3.09. The molecule has 116 valence electrons. The fourth-order valence-electron chi connectivity index (χ4n) is 3.10. The van der Waals surface area contributed by atoms with Gasteiger partial charge in [0, 0.05) is 30.7 Å². The van der Waals surface area contributed by atoms with Crippen LogP contribution < -0.4 is 0 Å². The zero-order valence-electron chi connectivity index (χ0n) is 13.3. The number of carbonyl (C=O) groups is 1. The number of pyridine rings is 2. The molecule has 0 saturated heterocycles. The number of amides is 1. The maximum Gasteiger partial charge on any atom is 0.258 e. The van der Waals surface area contributed by atoms with Gasteiger partial charge in [-0.1, -0.05) is 5.16 Å². The fraction of sp³-hybridized carbons (Fsp3) is 0.294. The third kappa shape index (κ3) is 2.18. The quantitative estimate of drug-likeness (QED) is 0.691. The summed E-state index contributed by atoms with van der Waals surface area (Å²) in [6.07, 6.45) is 1.86. The molecule has 4 heterocycles. The maximum atomic E-state index is 13.0. The van der Waals surface area contributed by atoms with Crippen molar-refractivity contribution in [2.45, 2.75) is 33.9 Å². The maximum absolute atomic E-state index is 13.0. The molecule has 0 atom stereocenters. The third-order valence-electron chi connectivity index (χ3n) is 4.20. The predicted molar refractivity (Wildman–Crippen MR) is 83.8 cm³/mol. The van der Waals surface area contributed by atoms with Crippen molar-refractivity contribution in [3.05, 3.63) is 52.1 Å². The molecule has 0 unspecified atom stereocenters. The van der Waals surface area contributed by atoms with Crippen LogP contribution in [-0.2, 0) is 13.1 Å². The number of fused-ring (bicyclic) bond motifs is 2. The molecule has 0 radical (unpaired) electrons. The van der Waals surface area contributed by atoms with E-state index in [-0.39, 0.29) is 5.91 Å². The van der Waals surface area contributed by atoms with Crippen molar-refractivity contribution in [3.8, 4) is 0 Å². The molecule has 0 bridgehead atoms. The molecule has 0 aliphatic carbocycles. The monoisotopic (exact) mass is 308 g/mol. The highest BCUT2D eigenvalue weighted by Gasteiger charge is 2.27. The summed E-state index contributed by atoms with van der Waals surface area (Å²) in [4.78, 5) is 23.5. The van der Waals surface area contributed by atoms with E-state index in [1.54, 1.807) is 6.07 Å². The standard InChI is InChI=1S/C17H16N4O2/c1-9-4-12-7-21(8-13(12)6-18-9)17(22)14-5-10(2)19-16-15(14)11(3)20-23-16/h4-6H,7-8H2,1-3H3. The highest BCUT2D eigenvalue weighted by atomic mass is 16.5. The Bertz CT molecular complexity index is 945. The van der Waals surface area contributed by atoms with E-state index >= 15 is 0 Å². The Morgan fingerprint density at radius 3 is 2.74 bits per heavy atom. The number of hydrogen-bond donors (Lipinski definition) is 0. The summed E-state index contributed by atoms with van der Waals surface area (Å²) in [6.45, 7) is 6.81. The Hall–Kier alpha value is -2.76. The molecule has 0 saturated carbocycles. The van der Waals surface area contributed by atoms with Gasteiger partial charge in [0.05, 0.1) is 16.6 Å². The lowest BCUT2D eigenvalue weighted by Gasteiger charge is -2.16. The first kappa shape index (κ1) is 13.9. The van der Waals surface area contributed by atoms with Crippen LogP contribution in [0.2, 0.25) is 0 Å². The van der Waals surface area contributed by atoms with Gasteiger partial charge in [0.1, 0.15) is 0 Å². The lowest BCUT2D eigenvalue weighted by Crippen LogP contribution is -2.25. The van der Waals surface area contributed by atoms with Crippen LogP contribution >= 0.6 is 0 Å². The lowest BCUT2D eigenvalue weighted by atomic mass is 10.1. The zero-order chi connectivity index (χ0) is 16.1. The molecule has 1 amide bonds. The molecule has 23 heavy (non-hydrogen) atoms. The van der Waals surface area contributed by atoms with Gasteiger partial charge in [0.25, 0.3) is 11.6 Å². The van der Waals surface area contributed by atoms with E-state index in [2.05, 4.69) is 15.1 Å². The van der Waals surface area contributed by atoms with Crippen molar-refractivity contribution in [2.75, 3.05) is 0 Å². The molecule has 0 fully saturated rings. The first-order valence-electron chi connectivity index (χ1n) is 7.50. The predicted octanol–water partition coefficient (Wildman–Crippen LogP) is 2.70. The molecular weight excluding hydrogens is 292 g/mol. The first-order valence-corrected chi connectivity index (χ1v) is 7.50.